The second-order valence-electron chi connectivity index (χ2n) is 3.68. The van der Waals surface area contributed by atoms with Crippen molar-refractivity contribution in [2.75, 3.05) is 0 Å². The van der Waals surface area contributed by atoms with Gasteiger partial charge in [0.1, 0.15) is 11.6 Å². The topological polar surface area (TPSA) is 46.0 Å². The first-order chi connectivity index (χ1) is 8.08. The Labute approximate surface area is 101 Å². The van der Waals surface area contributed by atoms with Crippen molar-refractivity contribution in [1.29, 1.82) is 0 Å². The molecule has 0 spiro atoms. The van der Waals surface area contributed by atoms with Gasteiger partial charge in [0.25, 0.3) is 0 Å². The SMILES string of the molecule is Cc1nnsc1C(O)Cc1cc(F)ccc1F. The smallest absolute Gasteiger partial charge is 0.126 e. The zero-order valence-electron chi connectivity index (χ0n) is 9.02. The van der Waals surface area contributed by atoms with E-state index >= 15 is 0 Å². The number of hydrogen-bond donors (Lipinski definition) is 1. The Balaban J connectivity index is 2.21. The lowest BCUT2D eigenvalue weighted by Gasteiger charge is -2.09. The Morgan fingerprint density at radius 2 is 2.18 bits per heavy atom. The highest BCUT2D eigenvalue weighted by molar-refractivity contribution is 7.05. The normalized spacial score (nSPS) is 12.7. The van der Waals surface area contributed by atoms with Gasteiger partial charge in [0.2, 0.25) is 0 Å². The number of aliphatic hydroxyl groups excluding tert-OH is 1. The van der Waals surface area contributed by atoms with E-state index in [-0.39, 0.29) is 12.0 Å². The van der Waals surface area contributed by atoms with Crippen LogP contribution < -0.4 is 0 Å². The lowest BCUT2D eigenvalue weighted by atomic mass is 10.1. The lowest BCUT2D eigenvalue weighted by Crippen LogP contribution is -2.03. The van der Waals surface area contributed by atoms with E-state index in [0.29, 0.717) is 10.6 Å². The molecule has 0 aliphatic carbocycles. The molecule has 6 heteroatoms. The molecule has 1 atom stereocenters. The maximum Gasteiger partial charge on any atom is 0.126 e. The Morgan fingerprint density at radius 3 is 2.82 bits per heavy atom. The van der Waals surface area contributed by atoms with Crippen LogP contribution in [0.4, 0.5) is 8.78 Å². The monoisotopic (exact) mass is 256 g/mol. The van der Waals surface area contributed by atoms with Gasteiger partial charge >= 0.3 is 0 Å². The number of hydrogen-bond acceptors (Lipinski definition) is 4. The maximum atomic E-state index is 13.4. The molecule has 1 aromatic heterocycles. The molecular formula is C11H10F2N2OS. The third-order valence-electron chi connectivity index (χ3n) is 2.41. The van der Waals surface area contributed by atoms with Gasteiger partial charge in [-0.15, -0.1) is 5.10 Å². The van der Waals surface area contributed by atoms with Crippen LogP contribution in [-0.2, 0) is 6.42 Å². The molecule has 2 aromatic rings. The van der Waals surface area contributed by atoms with Crippen molar-refractivity contribution in [1.82, 2.24) is 9.59 Å². The molecule has 0 amide bonds. The van der Waals surface area contributed by atoms with Crippen molar-refractivity contribution in [2.45, 2.75) is 19.4 Å². The molecule has 0 aliphatic heterocycles. The van der Waals surface area contributed by atoms with E-state index in [1.54, 1.807) is 6.92 Å². The largest absolute Gasteiger partial charge is 0.387 e. The number of aliphatic hydroxyl groups is 1. The van der Waals surface area contributed by atoms with Gasteiger partial charge in [-0.2, -0.15) is 0 Å². The summed E-state index contributed by atoms with van der Waals surface area (Å²) in [5, 5.41) is 13.7. The van der Waals surface area contributed by atoms with Gasteiger partial charge in [-0.05, 0) is 42.2 Å². The Bertz CT molecular complexity index is 530. The van der Waals surface area contributed by atoms with Gasteiger partial charge in [-0.3, -0.25) is 0 Å². The van der Waals surface area contributed by atoms with E-state index in [4.69, 9.17) is 0 Å². The first-order valence-electron chi connectivity index (χ1n) is 4.98. The van der Waals surface area contributed by atoms with E-state index in [0.717, 1.165) is 29.7 Å². The van der Waals surface area contributed by atoms with Crippen molar-refractivity contribution >= 4 is 11.5 Å². The standard InChI is InChI=1S/C11H10F2N2OS/c1-6-11(17-15-14-6)10(16)5-7-4-8(12)2-3-9(7)13/h2-4,10,16H,5H2,1H3. The van der Waals surface area contributed by atoms with Crippen molar-refractivity contribution in [3.8, 4) is 0 Å². The summed E-state index contributed by atoms with van der Waals surface area (Å²) in [4.78, 5) is 0.577. The minimum atomic E-state index is -0.911. The van der Waals surface area contributed by atoms with Gasteiger partial charge in [-0.25, -0.2) is 8.78 Å². The second kappa shape index (κ2) is 4.85. The van der Waals surface area contributed by atoms with Crippen LogP contribution in [0.5, 0.6) is 0 Å². The van der Waals surface area contributed by atoms with Gasteiger partial charge in [0.05, 0.1) is 16.7 Å². The molecule has 0 radical (unpaired) electrons. The fraction of sp³-hybridized carbons (Fsp3) is 0.273. The quantitative estimate of drug-likeness (QED) is 0.917. The fourth-order valence-electron chi connectivity index (χ4n) is 1.54. The summed E-state index contributed by atoms with van der Waals surface area (Å²) < 4.78 is 30.0. The van der Waals surface area contributed by atoms with Gasteiger partial charge in [-0.1, -0.05) is 4.49 Å². The molecule has 1 N–H and O–H groups in total. The van der Waals surface area contributed by atoms with E-state index in [9.17, 15) is 13.9 Å². The number of benzene rings is 1. The first kappa shape index (κ1) is 12.1. The molecule has 90 valence electrons. The van der Waals surface area contributed by atoms with E-state index in [2.05, 4.69) is 9.59 Å². The lowest BCUT2D eigenvalue weighted by molar-refractivity contribution is 0.180. The van der Waals surface area contributed by atoms with Crippen LogP contribution in [0.25, 0.3) is 0 Å². The summed E-state index contributed by atoms with van der Waals surface area (Å²) in [5.74, 6) is -1.05. The van der Waals surface area contributed by atoms with Crippen LogP contribution in [0.2, 0.25) is 0 Å². The zero-order valence-corrected chi connectivity index (χ0v) is 9.84. The van der Waals surface area contributed by atoms with Crippen molar-refractivity contribution in [3.63, 3.8) is 0 Å². The molecule has 0 saturated carbocycles. The highest BCUT2D eigenvalue weighted by Crippen LogP contribution is 2.24. The number of rotatable bonds is 3. The molecule has 3 nitrogen and oxygen atoms in total. The Kier molecular flexibility index (Phi) is 3.44. The van der Waals surface area contributed by atoms with Crippen LogP contribution >= 0.6 is 11.5 Å². The molecule has 0 aliphatic rings. The number of aryl methyl sites for hydroxylation is 1. The second-order valence-corrected chi connectivity index (χ2v) is 4.46. The minimum Gasteiger partial charge on any atom is -0.387 e. The predicted molar refractivity (Wildman–Crippen MR) is 59.7 cm³/mol. The highest BCUT2D eigenvalue weighted by Gasteiger charge is 2.17. The van der Waals surface area contributed by atoms with Gasteiger partial charge < -0.3 is 5.11 Å². The van der Waals surface area contributed by atoms with Crippen molar-refractivity contribution in [3.05, 3.63) is 46.0 Å². The fourth-order valence-corrected chi connectivity index (χ4v) is 2.17. The summed E-state index contributed by atoms with van der Waals surface area (Å²) in [5.41, 5.74) is 0.754. The average Bonchev–Trinajstić information content (AvgIpc) is 2.70. The van der Waals surface area contributed by atoms with Crippen molar-refractivity contribution < 1.29 is 13.9 Å². The minimum absolute atomic E-state index is 0.00824. The van der Waals surface area contributed by atoms with Crippen LogP contribution in [0.15, 0.2) is 18.2 Å². The van der Waals surface area contributed by atoms with E-state index < -0.39 is 17.7 Å². The third kappa shape index (κ3) is 2.65. The van der Waals surface area contributed by atoms with E-state index in [1.165, 1.54) is 0 Å². The summed E-state index contributed by atoms with van der Waals surface area (Å²) in [6.45, 7) is 1.71. The Morgan fingerprint density at radius 1 is 1.41 bits per heavy atom. The summed E-state index contributed by atoms with van der Waals surface area (Å²) >= 11 is 1.06. The predicted octanol–water partition coefficient (Wildman–Crippen LogP) is 2.40. The Hall–Kier alpha value is -1.40. The van der Waals surface area contributed by atoms with Gasteiger partial charge in [0.15, 0.2) is 0 Å². The van der Waals surface area contributed by atoms with Crippen LogP contribution in [0, 0.1) is 18.6 Å². The highest BCUT2D eigenvalue weighted by atomic mass is 32.1. The third-order valence-corrected chi connectivity index (χ3v) is 3.34. The molecule has 0 bridgehead atoms. The molecule has 2 rings (SSSR count). The van der Waals surface area contributed by atoms with Crippen LogP contribution in [0.3, 0.4) is 0 Å². The van der Waals surface area contributed by atoms with Crippen LogP contribution in [-0.4, -0.2) is 14.7 Å². The zero-order chi connectivity index (χ0) is 12.4. The van der Waals surface area contributed by atoms with Crippen molar-refractivity contribution in [2.24, 2.45) is 0 Å². The summed E-state index contributed by atoms with van der Waals surface area (Å²) in [6.07, 6.45) is -0.903. The summed E-state index contributed by atoms with van der Waals surface area (Å²) in [6, 6.07) is 3.18. The molecule has 17 heavy (non-hydrogen) atoms. The molecule has 0 saturated heterocycles. The summed E-state index contributed by atoms with van der Waals surface area (Å²) in [7, 11) is 0. The first-order valence-corrected chi connectivity index (χ1v) is 5.76. The van der Waals surface area contributed by atoms with Gasteiger partial charge in [0, 0.05) is 6.42 Å². The molecule has 1 unspecified atom stereocenters. The number of nitrogens with zero attached hydrogens (tertiary/aromatic N) is 2. The molecule has 1 aromatic carbocycles. The average molecular weight is 256 g/mol. The molecule has 1 heterocycles. The molecular weight excluding hydrogens is 246 g/mol. The van der Waals surface area contributed by atoms with Crippen LogP contribution in [0.1, 0.15) is 22.2 Å². The number of aromatic nitrogens is 2. The maximum absolute atomic E-state index is 13.4. The number of halogens is 2. The van der Waals surface area contributed by atoms with E-state index in [1.807, 2.05) is 0 Å². The molecule has 0 fully saturated rings.